The van der Waals surface area contributed by atoms with Gasteiger partial charge in [-0.25, -0.2) is 0 Å². The van der Waals surface area contributed by atoms with Crippen LogP contribution in [0.4, 0.5) is 0 Å². The van der Waals surface area contributed by atoms with Gasteiger partial charge in [-0.15, -0.1) is 0 Å². The van der Waals surface area contributed by atoms with Gasteiger partial charge in [-0.1, -0.05) is 75.3 Å². The summed E-state index contributed by atoms with van der Waals surface area (Å²) >= 11 is 0. The Balaban J connectivity index is 1.52. The van der Waals surface area contributed by atoms with Crippen LogP contribution in [0.2, 0.25) is 0 Å². The number of carbonyl (C=O) groups is 1. The summed E-state index contributed by atoms with van der Waals surface area (Å²) in [4.78, 5) is 11.7. The molecule has 0 spiro atoms. The molecule has 0 N–H and O–H groups in total. The van der Waals surface area contributed by atoms with E-state index in [-0.39, 0.29) is 24.5 Å². The Bertz CT molecular complexity index is 517. The first-order chi connectivity index (χ1) is 13.3. The summed E-state index contributed by atoms with van der Waals surface area (Å²) in [5.74, 6) is -0.0254. The number of ether oxygens (including phenoxy) is 3. The number of cyclic esters (lactones) is 1. The minimum atomic E-state index is -0.216. The Morgan fingerprint density at radius 3 is 2.00 bits per heavy atom. The summed E-state index contributed by atoms with van der Waals surface area (Å²) in [7, 11) is 0. The van der Waals surface area contributed by atoms with Gasteiger partial charge in [-0.2, -0.15) is 0 Å². The van der Waals surface area contributed by atoms with E-state index in [1.807, 2.05) is 18.2 Å². The largest absolute Gasteiger partial charge is 0.466 e. The lowest BCUT2D eigenvalue weighted by molar-refractivity contribution is -0.143. The maximum Gasteiger partial charge on any atom is 0.305 e. The van der Waals surface area contributed by atoms with Gasteiger partial charge in [0.1, 0.15) is 0 Å². The molecule has 0 saturated carbocycles. The molecule has 0 radical (unpaired) electrons. The second-order valence-corrected chi connectivity index (χ2v) is 7.82. The van der Waals surface area contributed by atoms with Crippen molar-refractivity contribution in [3.05, 3.63) is 35.9 Å². The fourth-order valence-corrected chi connectivity index (χ4v) is 4.00. The first-order valence-corrected chi connectivity index (χ1v) is 10.8. The molecule has 1 aromatic rings. The normalized spacial score (nSPS) is 29.5. The quantitative estimate of drug-likeness (QED) is 0.591. The molecular weight excluding hydrogens is 340 g/mol. The number of fused-ring (bicyclic) bond motifs is 1. The molecule has 150 valence electrons. The van der Waals surface area contributed by atoms with Crippen LogP contribution in [0, 0.1) is 0 Å². The van der Waals surface area contributed by atoms with E-state index >= 15 is 0 Å². The van der Waals surface area contributed by atoms with Gasteiger partial charge in [0.05, 0.1) is 18.8 Å². The van der Waals surface area contributed by atoms with Gasteiger partial charge in [-0.3, -0.25) is 4.79 Å². The van der Waals surface area contributed by atoms with Crippen molar-refractivity contribution in [2.75, 3.05) is 6.61 Å². The maximum atomic E-state index is 11.7. The van der Waals surface area contributed by atoms with E-state index in [2.05, 4.69) is 12.1 Å². The third-order valence-electron chi connectivity index (χ3n) is 5.60. The molecule has 0 aromatic heterocycles. The monoisotopic (exact) mass is 374 g/mol. The fourth-order valence-electron chi connectivity index (χ4n) is 4.00. The lowest BCUT2D eigenvalue weighted by Crippen LogP contribution is -2.22. The number of hydrogen-bond acceptors (Lipinski definition) is 4. The van der Waals surface area contributed by atoms with Crippen LogP contribution in [0.25, 0.3) is 0 Å². The molecule has 0 aliphatic carbocycles. The summed E-state index contributed by atoms with van der Waals surface area (Å²) in [6.07, 6.45) is 12.8. The molecule has 0 amide bonds. The van der Waals surface area contributed by atoms with Gasteiger partial charge in [0.2, 0.25) is 0 Å². The third-order valence-corrected chi connectivity index (χ3v) is 5.60. The highest BCUT2D eigenvalue weighted by Crippen LogP contribution is 2.35. The van der Waals surface area contributed by atoms with E-state index in [1.165, 1.54) is 12.8 Å². The SMILES string of the molecule is O=C1CCCCCCC[C@@H]2OC(c3ccccc3)O[C@@H]2CCCCCCO1. The molecule has 0 bridgehead atoms. The van der Waals surface area contributed by atoms with Crippen LogP contribution in [0.3, 0.4) is 0 Å². The van der Waals surface area contributed by atoms with Crippen LogP contribution in [0.5, 0.6) is 0 Å². The molecule has 4 nitrogen and oxygen atoms in total. The smallest absolute Gasteiger partial charge is 0.305 e. The number of esters is 1. The van der Waals surface area contributed by atoms with Crippen molar-refractivity contribution in [3.63, 3.8) is 0 Å². The number of carbonyl (C=O) groups excluding carboxylic acids is 1. The van der Waals surface area contributed by atoms with Crippen molar-refractivity contribution < 1.29 is 19.0 Å². The minimum Gasteiger partial charge on any atom is -0.466 e. The van der Waals surface area contributed by atoms with E-state index < -0.39 is 0 Å². The second kappa shape index (κ2) is 11.5. The zero-order valence-electron chi connectivity index (χ0n) is 16.4. The van der Waals surface area contributed by atoms with Gasteiger partial charge in [-0.05, 0) is 25.7 Å². The molecule has 1 aromatic carbocycles. The van der Waals surface area contributed by atoms with Gasteiger partial charge < -0.3 is 14.2 Å². The standard InChI is InChI=1S/C23H34O4/c24-22-17-11-3-1-2-9-15-20-21(16-10-4-5-12-18-25-22)27-23(26-20)19-13-7-6-8-14-19/h6-8,13-14,20-21,23H,1-5,9-12,15-18H2/t20-,21+,23?/m0/s1. The Labute approximate surface area is 163 Å². The van der Waals surface area contributed by atoms with Crippen molar-refractivity contribution >= 4 is 5.97 Å². The number of rotatable bonds is 1. The third kappa shape index (κ3) is 6.93. The molecule has 3 rings (SSSR count). The van der Waals surface area contributed by atoms with Gasteiger partial charge >= 0.3 is 5.97 Å². The topological polar surface area (TPSA) is 44.8 Å². The number of benzene rings is 1. The Morgan fingerprint density at radius 1 is 0.704 bits per heavy atom. The van der Waals surface area contributed by atoms with Gasteiger partial charge in [0, 0.05) is 12.0 Å². The highest BCUT2D eigenvalue weighted by Gasteiger charge is 2.35. The highest BCUT2D eigenvalue weighted by molar-refractivity contribution is 5.69. The van der Waals surface area contributed by atoms with Crippen molar-refractivity contribution in [3.8, 4) is 0 Å². The molecule has 2 fully saturated rings. The molecule has 1 unspecified atom stereocenters. The molecule has 4 heteroatoms. The first-order valence-electron chi connectivity index (χ1n) is 10.8. The molecular formula is C23H34O4. The number of hydrogen-bond donors (Lipinski definition) is 0. The Kier molecular flexibility index (Phi) is 8.63. The first kappa shape index (κ1) is 20.3. The van der Waals surface area contributed by atoms with Crippen molar-refractivity contribution in [2.45, 2.75) is 95.5 Å². The summed E-state index contributed by atoms with van der Waals surface area (Å²) in [6.45, 7) is 0.570. The molecule has 27 heavy (non-hydrogen) atoms. The van der Waals surface area contributed by atoms with E-state index in [0.29, 0.717) is 13.0 Å². The summed E-state index contributed by atoms with van der Waals surface area (Å²) in [5.41, 5.74) is 1.12. The van der Waals surface area contributed by atoms with Crippen LogP contribution >= 0.6 is 0 Å². The van der Waals surface area contributed by atoms with Crippen LogP contribution < -0.4 is 0 Å². The van der Waals surface area contributed by atoms with Crippen LogP contribution in [0.1, 0.15) is 88.9 Å². The zero-order chi connectivity index (χ0) is 18.7. The van der Waals surface area contributed by atoms with Crippen LogP contribution in [-0.2, 0) is 19.0 Å². The van der Waals surface area contributed by atoms with Crippen LogP contribution in [-0.4, -0.2) is 24.8 Å². The van der Waals surface area contributed by atoms with Gasteiger partial charge in [0.15, 0.2) is 6.29 Å². The lowest BCUT2D eigenvalue weighted by atomic mass is 10.00. The summed E-state index contributed by atoms with van der Waals surface area (Å²) in [6, 6.07) is 10.3. The predicted molar refractivity (Wildman–Crippen MR) is 105 cm³/mol. The minimum absolute atomic E-state index is 0.0254. The van der Waals surface area contributed by atoms with E-state index in [0.717, 1.165) is 63.4 Å². The summed E-state index contributed by atoms with van der Waals surface area (Å²) in [5, 5.41) is 0. The average molecular weight is 375 g/mol. The van der Waals surface area contributed by atoms with Crippen LogP contribution in [0.15, 0.2) is 30.3 Å². The molecule has 3 atom stereocenters. The molecule has 2 heterocycles. The zero-order valence-corrected chi connectivity index (χ0v) is 16.4. The Morgan fingerprint density at radius 2 is 1.30 bits per heavy atom. The van der Waals surface area contributed by atoms with Crippen molar-refractivity contribution in [2.24, 2.45) is 0 Å². The summed E-state index contributed by atoms with van der Waals surface area (Å²) < 4.78 is 17.9. The fraction of sp³-hybridized carbons (Fsp3) is 0.696. The van der Waals surface area contributed by atoms with E-state index in [9.17, 15) is 4.79 Å². The van der Waals surface area contributed by atoms with E-state index in [1.54, 1.807) is 0 Å². The van der Waals surface area contributed by atoms with Crippen molar-refractivity contribution in [1.29, 1.82) is 0 Å². The predicted octanol–water partition coefficient (Wildman–Crippen LogP) is 5.71. The van der Waals surface area contributed by atoms with Gasteiger partial charge in [0.25, 0.3) is 0 Å². The molecule has 2 aliphatic heterocycles. The Hall–Kier alpha value is -1.39. The molecule has 2 saturated heterocycles. The second-order valence-electron chi connectivity index (χ2n) is 7.82. The molecule has 2 aliphatic rings. The maximum absolute atomic E-state index is 11.7. The van der Waals surface area contributed by atoms with Crippen molar-refractivity contribution in [1.82, 2.24) is 0 Å². The lowest BCUT2D eigenvalue weighted by Gasteiger charge is -2.16. The highest BCUT2D eigenvalue weighted by atomic mass is 16.7. The van der Waals surface area contributed by atoms with E-state index in [4.69, 9.17) is 14.2 Å². The average Bonchev–Trinajstić information content (AvgIpc) is 3.09.